The zero-order valence-electron chi connectivity index (χ0n) is 7.29. The Labute approximate surface area is 84.1 Å². The van der Waals surface area contributed by atoms with Crippen LogP contribution in [0.15, 0.2) is 12.4 Å². The Balaban J connectivity index is 1.78. The monoisotopic (exact) mass is 211 g/mol. The summed E-state index contributed by atoms with van der Waals surface area (Å²) < 4.78 is 5.58. The molecule has 8 heteroatoms. The molecule has 0 bridgehead atoms. The van der Waals surface area contributed by atoms with Crippen LogP contribution in [0.2, 0.25) is 0 Å². The molecule has 0 atom stereocenters. The van der Waals surface area contributed by atoms with Crippen molar-refractivity contribution in [3.8, 4) is 0 Å². The number of hydrogen-bond donors (Lipinski definition) is 2. The van der Waals surface area contributed by atoms with Crippen molar-refractivity contribution >= 4 is 22.6 Å². The molecule has 14 heavy (non-hydrogen) atoms. The van der Waals surface area contributed by atoms with Gasteiger partial charge in [0.2, 0.25) is 11.1 Å². The lowest BCUT2D eigenvalue weighted by molar-refractivity contribution is 0.609. The fourth-order valence-corrected chi connectivity index (χ4v) is 1.46. The minimum atomic E-state index is 0.304. The molecule has 2 aromatic heterocycles. The fourth-order valence-electron chi connectivity index (χ4n) is 0.936. The van der Waals surface area contributed by atoms with Crippen LogP contribution >= 0.6 is 11.5 Å². The van der Waals surface area contributed by atoms with E-state index < -0.39 is 0 Å². The third-order valence-corrected chi connectivity index (χ3v) is 2.22. The van der Waals surface area contributed by atoms with Gasteiger partial charge in [-0.15, -0.1) is 5.10 Å². The zero-order valence-corrected chi connectivity index (χ0v) is 8.11. The quantitative estimate of drug-likeness (QED) is 0.728. The molecule has 0 aromatic carbocycles. The Morgan fingerprint density at radius 3 is 3.14 bits per heavy atom. The topological polar surface area (TPSA) is 94.5 Å². The van der Waals surface area contributed by atoms with E-state index in [1.165, 1.54) is 11.5 Å². The molecule has 0 saturated heterocycles. The number of anilines is 2. The molecule has 0 aliphatic carbocycles. The highest BCUT2D eigenvalue weighted by atomic mass is 32.1. The molecule has 0 aliphatic heterocycles. The summed E-state index contributed by atoms with van der Waals surface area (Å²) in [7, 11) is 0. The van der Waals surface area contributed by atoms with E-state index in [1.807, 2.05) is 0 Å². The van der Waals surface area contributed by atoms with E-state index in [1.54, 1.807) is 17.1 Å². The molecular weight excluding hydrogens is 202 g/mol. The van der Waals surface area contributed by atoms with E-state index in [-0.39, 0.29) is 0 Å². The van der Waals surface area contributed by atoms with Gasteiger partial charge in [-0.1, -0.05) is 5.21 Å². The number of hydrogen-bond acceptors (Lipinski definition) is 7. The maximum absolute atomic E-state index is 5.37. The van der Waals surface area contributed by atoms with Crippen molar-refractivity contribution < 1.29 is 0 Å². The number of nitrogens with two attached hydrogens (primary N) is 1. The third-order valence-electron chi connectivity index (χ3n) is 1.53. The van der Waals surface area contributed by atoms with Gasteiger partial charge in [0.25, 0.3) is 0 Å². The van der Waals surface area contributed by atoms with Gasteiger partial charge in [0.1, 0.15) is 0 Å². The zero-order chi connectivity index (χ0) is 9.80. The van der Waals surface area contributed by atoms with Crippen LogP contribution in [0.1, 0.15) is 0 Å². The molecule has 0 unspecified atom stereocenters. The van der Waals surface area contributed by atoms with Gasteiger partial charge in [-0.2, -0.15) is 9.36 Å². The van der Waals surface area contributed by atoms with E-state index in [0.29, 0.717) is 5.95 Å². The van der Waals surface area contributed by atoms with Crippen molar-refractivity contribution in [3.05, 3.63) is 12.4 Å². The van der Waals surface area contributed by atoms with Crippen LogP contribution in [0.4, 0.5) is 11.1 Å². The lowest BCUT2D eigenvalue weighted by atomic mass is 10.6. The summed E-state index contributed by atoms with van der Waals surface area (Å²) in [6, 6.07) is 0. The number of nitrogens with zero attached hydrogens (tertiary/aromatic N) is 5. The van der Waals surface area contributed by atoms with Crippen molar-refractivity contribution in [1.82, 2.24) is 24.4 Å². The van der Waals surface area contributed by atoms with Gasteiger partial charge in [0.05, 0.1) is 12.7 Å². The second kappa shape index (κ2) is 4.01. The Bertz CT molecular complexity index is 381. The Hall–Kier alpha value is -1.70. The summed E-state index contributed by atoms with van der Waals surface area (Å²) in [4.78, 5) is 3.96. The average Bonchev–Trinajstić information content (AvgIpc) is 2.77. The van der Waals surface area contributed by atoms with Crippen LogP contribution in [0.25, 0.3) is 0 Å². The molecule has 74 valence electrons. The van der Waals surface area contributed by atoms with Crippen LogP contribution in [0.5, 0.6) is 0 Å². The molecule has 0 aliphatic rings. The standard InChI is InChI=1S/C6H9N7S/c7-5-10-6(14-11-5)8-1-3-13-4-2-9-12-13/h2,4H,1,3H2,(H3,7,8,10,11). The Morgan fingerprint density at radius 1 is 1.57 bits per heavy atom. The highest BCUT2D eigenvalue weighted by molar-refractivity contribution is 7.09. The molecule has 3 N–H and O–H groups in total. The van der Waals surface area contributed by atoms with Gasteiger partial charge in [0, 0.05) is 24.3 Å². The van der Waals surface area contributed by atoms with Crippen molar-refractivity contribution in [2.45, 2.75) is 6.54 Å². The van der Waals surface area contributed by atoms with Crippen molar-refractivity contribution in [2.24, 2.45) is 0 Å². The second-order valence-corrected chi connectivity index (χ2v) is 3.30. The van der Waals surface area contributed by atoms with Crippen LogP contribution in [0, 0.1) is 0 Å². The smallest absolute Gasteiger partial charge is 0.233 e. The predicted molar refractivity (Wildman–Crippen MR) is 52.8 cm³/mol. The van der Waals surface area contributed by atoms with Crippen molar-refractivity contribution in [2.75, 3.05) is 17.6 Å². The summed E-state index contributed by atoms with van der Waals surface area (Å²) in [6.45, 7) is 1.46. The first kappa shape index (κ1) is 8.88. The van der Waals surface area contributed by atoms with Gasteiger partial charge in [0.15, 0.2) is 0 Å². The van der Waals surface area contributed by atoms with Gasteiger partial charge < -0.3 is 11.1 Å². The summed E-state index contributed by atoms with van der Waals surface area (Å²) >= 11 is 1.24. The fraction of sp³-hybridized carbons (Fsp3) is 0.333. The maximum Gasteiger partial charge on any atom is 0.233 e. The first-order valence-corrected chi connectivity index (χ1v) is 4.79. The average molecular weight is 211 g/mol. The summed E-state index contributed by atoms with van der Waals surface area (Å²) in [6.07, 6.45) is 3.44. The minimum Gasteiger partial charge on any atom is -0.367 e. The normalized spacial score (nSPS) is 10.3. The number of rotatable bonds is 4. The highest BCUT2D eigenvalue weighted by Gasteiger charge is 1.98. The van der Waals surface area contributed by atoms with Crippen LogP contribution in [0.3, 0.4) is 0 Å². The molecule has 2 aromatic rings. The number of nitrogen functional groups attached to an aromatic ring is 1. The van der Waals surface area contributed by atoms with Gasteiger partial charge in [-0.3, -0.25) is 4.68 Å². The van der Waals surface area contributed by atoms with Gasteiger partial charge in [-0.25, -0.2) is 0 Å². The van der Waals surface area contributed by atoms with Crippen LogP contribution in [-0.2, 0) is 6.54 Å². The largest absolute Gasteiger partial charge is 0.367 e. The molecule has 0 saturated carbocycles. The van der Waals surface area contributed by atoms with E-state index in [9.17, 15) is 0 Å². The van der Waals surface area contributed by atoms with Gasteiger partial charge in [-0.05, 0) is 0 Å². The maximum atomic E-state index is 5.37. The van der Waals surface area contributed by atoms with Gasteiger partial charge >= 0.3 is 0 Å². The number of aromatic nitrogens is 5. The minimum absolute atomic E-state index is 0.304. The Morgan fingerprint density at radius 2 is 2.50 bits per heavy atom. The highest BCUT2D eigenvalue weighted by Crippen LogP contribution is 2.10. The lowest BCUT2D eigenvalue weighted by Crippen LogP contribution is -2.10. The second-order valence-electron chi connectivity index (χ2n) is 2.55. The molecular formula is C6H9N7S. The number of nitrogens with one attached hydrogen (secondary N) is 1. The van der Waals surface area contributed by atoms with E-state index in [0.717, 1.165) is 18.2 Å². The van der Waals surface area contributed by atoms with Crippen molar-refractivity contribution in [1.29, 1.82) is 0 Å². The van der Waals surface area contributed by atoms with E-state index >= 15 is 0 Å². The molecule has 2 heterocycles. The first-order chi connectivity index (χ1) is 6.84. The molecule has 0 fully saturated rings. The molecule has 2 rings (SSSR count). The third kappa shape index (κ3) is 2.16. The summed E-state index contributed by atoms with van der Waals surface area (Å²) in [5, 5.41) is 11.3. The van der Waals surface area contributed by atoms with Crippen molar-refractivity contribution in [3.63, 3.8) is 0 Å². The molecule has 0 radical (unpaired) electrons. The van der Waals surface area contributed by atoms with Crippen LogP contribution in [-0.4, -0.2) is 30.9 Å². The van der Waals surface area contributed by atoms with E-state index in [2.05, 4.69) is 25.0 Å². The molecule has 7 nitrogen and oxygen atoms in total. The van der Waals surface area contributed by atoms with E-state index in [4.69, 9.17) is 5.73 Å². The first-order valence-electron chi connectivity index (χ1n) is 4.02. The summed E-state index contributed by atoms with van der Waals surface area (Å²) in [5.74, 6) is 0.304. The lowest BCUT2D eigenvalue weighted by Gasteiger charge is -2.00. The Kier molecular flexibility index (Phi) is 2.54. The van der Waals surface area contributed by atoms with Crippen LogP contribution < -0.4 is 11.1 Å². The summed E-state index contributed by atoms with van der Waals surface area (Å²) in [5.41, 5.74) is 5.37. The predicted octanol–water partition coefficient (Wildman–Crippen LogP) is -0.176. The SMILES string of the molecule is Nc1nsc(NCCn2ccnn2)n1. The molecule has 0 amide bonds. The molecule has 0 spiro atoms.